The molecule has 37 heavy (non-hydrogen) atoms. The SMILES string of the molecule is Nc1cc(NC(=O)c2ccc(Cl)c(S(=O)(=O)[C@@H]3C[C@H]4CC[C@@H](C3)[C@@]4(O)C(O)c3ncc[nH]3)c2)ccc1F. The number of nitrogens with two attached hydrogens (primary N) is 1. The molecule has 6 N–H and O–H groups in total. The summed E-state index contributed by atoms with van der Waals surface area (Å²) in [5, 5.41) is 24.1. The highest BCUT2D eigenvalue weighted by Crippen LogP contribution is 2.56. The summed E-state index contributed by atoms with van der Waals surface area (Å²) in [5.74, 6) is -1.91. The number of hydrogen-bond acceptors (Lipinski definition) is 7. The van der Waals surface area contributed by atoms with E-state index in [9.17, 15) is 27.8 Å². The molecule has 3 aromatic rings. The van der Waals surface area contributed by atoms with Crippen LogP contribution in [-0.4, -0.2) is 45.4 Å². The first-order valence-electron chi connectivity index (χ1n) is 11.8. The van der Waals surface area contributed by atoms with Gasteiger partial charge in [-0.3, -0.25) is 4.79 Å². The first-order valence-corrected chi connectivity index (χ1v) is 13.7. The molecule has 0 radical (unpaired) electrons. The normalized spacial score (nSPS) is 26.1. The second kappa shape index (κ2) is 9.39. The molecular formula is C25H26ClFN4O5S. The number of amides is 1. The van der Waals surface area contributed by atoms with Gasteiger partial charge in [-0.15, -0.1) is 0 Å². The number of benzene rings is 2. The molecule has 0 saturated heterocycles. The Balaban J connectivity index is 1.39. The Morgan fingerprint density at radius 2 is 1.92 bits per heavy atom. The van der Waals surface area contributed by atoms with Crippen LogP contribution in [0.3, 0.4) is 0 Å². The molecule has 2 bridgehead atoms. The highest BCUT2D eigenvalue weighted by atomic mass is 35.5. The number of nitrogen functional groups attached to an aromatic ring is 1. The monoisotopic (exact) mass is 548 g/mol. The van der Waals surface area contributed by atoms with Gasteiger partial charge in [0, 0.05) is 23.6 Å². The fourth-order valence-corrected chi connectivity index (χ4v) is 8.16. The van der Waals surface area contributed by atoms with Crippen molar-refractivity contribution in [3.63, 3.8) is 0 Å². The number of sulfone groups is 1. The molecule has 9 nitrogen and oxygen atoms in total. The summed E-state index contributed by atoms with van der Waals surface area (Å²) in [7, 11) is -3.99. The summed E-state index contributed by atoms with van der Waals surface area (Å²) in [6, 6.07) is 7.68. The number of nitrogens with one attached hydrogen (secondary N) is 2. The van der Waals surface area contributed by atoms with Crippen LogP contribution in [0.1, 0.15) is 48.0 Å². The van der Waals surface area contributed by atoms with Crippen molar-refractivity contribution in [2.45, 2.75) is 47.5 Å². The molecule has 2 saturated carbocycles. The van der Waals surface area contributed by atoms with Crippen LogP contribution in [-0.2, 0) is 9.84 Å². The number of aromatic nitrogens is 2. The van der Waals surface area contributed by atoms with Gasteiger partial charge in [0.15, 0.2) is 9.84 Å². The Kier molecular flexibility index (Phi) is 6.51. The summed E-state index contributed by atoms with van der Waals surface area (Å²) in [5.41, 5.74) is 4.22. The maximum atomic E-state index is 13.7. The lowest BCUT2D eigenvalue weighted by Gasteiger charge is -2.44. The fraction of sp³-hybridized carbons (Fsp3) is 0.360. The molecule has 1 aromatic heterocycles. The highest BCUT2D eigenvalue weighted by molar-refractivity contribution is 7.92. The van der Waals surface area contributed by atoms with E-state index in [1.54, 1.807) is 6.20 Å². The number of fused-ring (bicyclic) bond motifs is 2. The van der Waals surface area contributed by atoms with Crippen molar-refractivity contribution in [2.75, 3.05) is 11.1 Å². The summed E-state index contributed by atoms with van der Waals surface area (Å²) >= 11 is 6.29. The van der Waals surface area contributed by atoms with Gasteiger partial charge in [-0.25, -0.2) is 17.8 Å². The second-order valence-corrected chi connectivity index (χ2v) is 12.3. The van der Waals surface area contributed by atoms with Gasteiger partial charge in [-0.05, 0) is 73.9 Å². The molecule has 12 heteroatoms. The van der Waals surface area contributed by atoms with E-state index in [1.807, 2.05) is 0 Å². The van der Waals surface area contributed by atoms with Gasteiger partial charge in [0.1, 0.15) is 23.3 Å². The van der Waals surface area contributed by atoms with Crippen molar-refractivity contribution in [1.82, 2.24) is 9.97 Å². The lowest BCUT2D eigenvalue weighted by atomic mass is 9.71. The van der Waals surface area contributed by atoms with Gasteiger partial charge in [0.2, 0.25) is 0 Å². The van der Waals surface area contributed by atoms with E-state index in [0.29, 0.717) is 12.8 Å². The number of carbonyl (C=O) groups is 1. The van der Waals surface area contributed by atoms with Crippen LogP contribution in [0.5, 0.6) is 0 Å². The minimum absolute atomic E-state index is 0.0219. The third-order valence-electron chi connectivity index (χ3n) is 7.68. The lowest BCUT2D eigenvalue weighted by Crippen LogP contribution is -2.52. The summed E-state index contributed by atoms with van der Waals surface area (Å²) in [6.45, 7) is 0. The Morgan fingerprint density at radius 1 is 1.22 bits per heavy atom. The van der Waals surface area contributed by atoms with Crippen molar-refractivity contribution in [3.05, 3.63) is 71.0 Å². The third kappa shape index (κ3) is 4.39. The van der Waals surface area contributed by atoms with E-state index < -0.39 is 50.4 Å². The summed E-state index contributed by atoms with van der Waals surface area (Å²) in [4.78, 5) is 19.5. The number of H-pyrrole nitrogens is 1. The molecule has 0 spiro atoms. The number of aliphatic hydroxyl groups is 2. The van der Waals surface area contributed by atoms with E-state index in [2.05, 4.69) is 15.3 Å². The van der Waals surface area contributed by atoms with Crippen LogP contribution in [0.25, 0.3) is 0 Å². The van der Waals surface area contributed by atoms with Gasteiger partial charge in [-0.2, -0.15) is 0 Å². The molecule has 5 atom stereocenters. The van der Waals surface area contributed by atoms with Gasteiger partial charge >= 0.3 is 0 Å². The van der Waals surface area contributed by atoms with Crippen LogP contribution in [0, 0.1) is 17.7 Å². The fourth-order valence-electron chi connectivity index (χ4n) is 5.76. The maximum Gasteiger partial charge on any atom is 0.255 e. The number of halogens is 2. The zero-order valence-electron chi connectivity index (χ0n) is 19.6. The first-order chi connectivity index (χ1) is 17.5. The number of hydrogen-bond donors (Lipinski definition) is 5. The number of nitrogens with zero attached hydrogens (tertiary/aromatic N) is 1. The average molecular weight is 549 g/mol. The van der Waals surface area contributed by atoms with E-state index in [1.165, 1.54) is 36.5 Å². The van der Waals surface area contributed by atoms with Crippen molar-refractivity contribution < 1.29 is 27.8 Å². The maximum absolute atomic E-state index is 13.7. The van der Waals surface area contributed by atoms with Gasteiger partial charge in [0.05, 0.1) is 20.9 Å². The smallest absolute Gasteiger partial charge is 0.255 e. The largest absolute Gasteiger partial charge is 0.396 e. The predicted molar refractivity (Wildman–Crippen MR) is 135 cm³/mol. The summed E-state index contributed by atoms with van der Waals surface area (Å²) < 4.78 is 40.9. The molecule has 1 unspecified atom stereocenters. The highest BCUT2D eigenvalue weighted by Gasteiger charge is 2.59. The predicted octanol–water partition coefficient (Wildman–Crippen LogP) is 3.46. The number of aliphatic hydroxyl groups excluding tert-OH is 1. The van der Waals surface area contributed by atoms with Gasteiger partial charge in [0.25, 0.3) is 5.91 Å². The van der Waals surface area contributed by atoms with Gasteiger partial charge in [-0.1, -0.05) is 11.6 Å². The Morgan fingerprint density at radius 3 is 2.54 bits per heavy atom. The van der Waals surface area contributed by atoms with Crippen LogP contribution in [0.15, 0.2) is 53.7 Å². The Labute approximate surface area is 217 Å². The second-order valence-electron chi connectivity index (χ2n) is 9.71. The molecule has 196 valence electrons. The van der Waals surface area contributed by atoms with Crippen LogP contribution >= 0.6 is 11.6 Å². The Bertz CT molecular complexity index is 1440. The molecular weight excluding hydrogens is 523 g/mol. The van der Waals surface area contributed by atoms with Crippen molar-refractivity contribution in [1.29, 1.82) is 0 Å². The van der Waals surface area contributed by atoms with E-state index >= 15 is 0 Å². The number of rotatable bonds is 6. The molecule has 0 aliphatic heterocycles. The zero-order chi connectivity index (χ0) is 26.5. The average Bonchev–Trinajstić information content (AvgIpc) is 3.43. The third-order valence-corrected chi connectivity index (χ3v) is 10.3. The Hall–Kier alpha value is -2.99. The number of anilines is 2. The molecule has 2 aliphatic rings. The minimum Gasteiger partial charge on any atom is -0.396 e. The first kappa shape index (κ1) is 25.7. The topological polar surface area (TPSA) is 158 Å². The van der Waals surface area contributed by atoms with Crippen molar-refractivity contribution in [2.24, 2.45) is 11.8 Å². The van der Waals surface area contributed by atoms with Crippen LogP contribution in [0.2, 0.25) is 5.02 Å². The van der Waals surface area contributed by atoms with Crippen LogP contribution < -0.4 is 11.1 Å². The number of aromatic amines is 1. The van der Waals surface area contributed by atoms with Crippen LogP contribution in [0.4, 0.5) is 15.8 Å². The lowest BCUT2D eigenvalue weighted by molar-refractivity contribution is -0.147. The number of carbonyl (C=O) groups excluding carboxylic acids is 1. The van der Waals surface area contributed by atoms with Gasteiger partial charge < -0.3 is 26.2 Å². The molecule has 2 aliphatic carbocycles. The number of imidazole rings is 1. The van der Waals surface area contributed by atoms with E-state index in [0.717, 1.165) is 6.07 Å². The molecule has 2 aromatic carbocycles. The molecule has 2 fully saturated rings. The van der Waals surface area contributed by atoms with E-state index in [-0.39, 0.29) is 45.5 Å². The molecule has 1 amide bonds. The molecule has 1 heterocycles. The standard InChI is InChI=1S/C25H26ClFN4O5S/c26-18-5-1-13(24(33)31-16-4-6-19(27)20(28)12-16)9-21(18)37(35,36)17-10-14-2-3-15(11-17)25(14,34)22(32)23-29-7-8-30-23/h1,4-9,12,14-15,17,22,32,34H,2-3,10-11,28H2,(H,29,30)(H,31,33)/t14-,15+,17-,22?,25-. The summed E-state index contributed by atoms with van der Waals surface area (Å²) in [6.07, 6.45) is 3.18. The minimum atomic E-state index is -3.99. The zero-order valence-corrected chi connectivity index (χ0v) is 21.1. The molecule has 5 rings (SSSR count). The van der Waals surface area contributed by atoms with E-state index in [4.69, 9.17) is 17.3 Å². The quantitative estimate of drug-likeness (QED) is 0.295. The van der Waals surface area contributed by atoms with Crippen molar-refractivity contribution in [3.8, 4) is 0 Å². The van der Waals surface area contributed by atoms with Crippen molar-refractivity contribution >= 4 is 38.7 Å².